The van der Waals surface area contributed by atoms with Gasteiger partial charge in [0, 0.05) is 19.8 Å². The number of carbonyl (C=O) groups excluding carboxylic acids is 1. The highest BCUT2D eigenvalue weighted by molar-refractivity contribution is 7.99. The summed E-state index contributed by atoms with van der Waals surface area (Å²) in [6.07, 6.45) is 0. The molecule has 0 fully saturated rings. The summed E-state index contributed by atoms with van der Waals surface area (Å²) in [5, 5.41) is 4.26. The summed E-state index contributed by atoms with van der Waals surface area (Å²) < 4.78 is 11.5. The van der Waals surface area contributed by atoms with E-state index in [1.807, 2.05) is 67.6 Å². The Balaban J connectivity index is 1.41. The number of ether oxygens (including phenoxy) is 1. The fraction of sp³-hybridized carbons (Fsp3) is 0.0800. The van der Waals surface area contributed by atoms with Crippen molar-refractivity contribution in [2.75, 3.05) is 5.32 Å². The van der Waals surface area contributed by atoms with Gasteiger partial charge in [0.25, 0.3) is 5.91 Å². The fourth-order valence-electron chi connectivity index (χ4n) is 2.97. The Labute approximate surface area is 200 Å². The van der Waals surface area contributed by atoms with Gasteiger partial charge in [0.2, 0.25) is 0 Å². The first kappa shape index (κ1) is 22.3. The van der Waals surface area contributed by atoms with Gasteiger partial charge in [-0.05, 0) is 79.2 Å². The Hall–Kier alpha value is -2.86. The highest BCUT2D eigenvalue weighted by Crippen LogP contribution is 2.34. The van der Waals surface area contributed by atoms with E-state index in [2.05, 4.69) is 5.32 Å². The van der Waals surface area contributed by atoms with Crippen LogP contribution in [0.5, 0.6) is 5.75 Å². The van der Waals surface area contributed by atoms with Crippen LogP contribution in [0.2, 0.25) is 10.0 Å². The summed E-state index contributed by atoms with van der Waals surface area (Å²) in [5.41, 5.74) is 1.63. The van der Waals surface area contributed by atoms with Crippen LogP contribution >= 0.6 is 35.0 Å². The van der Waals surface area contributed by atoms with E-state index in [-0.39, 0.29) is 18.3 Å². The van der Waals surface area contributed by atoms with E-state index in [0.717, 1.165) is 15.4 Å². The van der Waals surface area contributed by atoms with E-state index in [9.17, 15) is 4.79 Å². The van der Waals surface area contributed by atoms with Crippen molar-refractivity contribution in [2.45, 2.75) is 23.3 Å². The molecule has 162 valence electrons. The number of carbonyl (C=O) groups is 1. The maximum absolute atomic E-state index is 12.8. The molecule has 1 amide bonds. The monoisotopic (exact) mass is 483 g/mol. The van der Waals surface area contributed by atoms with Crippen molar-refractivity contribution in [1.29, 1.82) is 0 Å². The van der Waals surface area contributed by atoms with Crippen LogP contribution in [0.15, 0.2) is 93.1 Å². The molecule has 0 saturated heterocycles. The average molecular weight is 484 g/mol. The Morgan fingerprint density at radius 2 is 1.72 bits per heavy atom. The number of para-hydroxylation sites is 1. The number of halogens is 2. The van der Waals surface area contributed by atoms with Crippen LogP contribution in [0.1, 0.15) is 21.9 Å². The van der Waals surface area contributed by atoms with Gasteiger partial charge in [-0.25, -0.2) is 0 Å². The molecule has 0 aliphatic rings. The van der Waals surface area contributed by atoms with E-state index in [1.54, 1.807) is 18.2 Å². The Morgan fingerprint density at radius 1 is 0.969 bits per heavy atom. The van der Waals surface area contributed by atoms with Crippen molar-refractivity contribution in [1.82, 2.24) is 0 Å². The van der Waals surface area contributed by atoms with Gasteiger partial charge in [0.1, 0.15) is 18.1 Å². The van der Waals surface area contributed by atoms with Crippen LogP contribution in [0, 0.1) is 6.92 Å². The van der Waals surface area contributed by atoms with Crippen LogP contribution in [-0.4, -0.2) is 5.91 Å². The van der Waals surface area contributed by atoms with Gasteiger partial charge >= 0.3 is 0 Å². The van der Waals surface area contributed by atoms with Gasteiger partial charge < -0.3 is 14.5 Å². The molecular weight excluding hydrogens is 465 g/mol. The number of furan rings is 1. The highest BCUT2D eigenvalue weighted by atomic mass is 35.5. The molecule has 0 atom stereocenters. The molecular formula is C25H19Cl2NO3S. The molecule has 0 spiro atoms. The lowest BCUT2D eigenvalue weighted by Gasteiger charge is -2.10. The van der Waals surface area contributed by atoms with Crippen LogP contribution in [-0.2, 0) is 6.61 Å². The lowest BCUT2D eigenvalue weighted by molar-refractivity contribution is 0.0992. The maximum Gasteiger partial charge on any atom is 0.291 e. The molecule has 1 aromatic heterocycles. The zero-order chi connectivity index (χ0) is 22.5. The molecule has 3 aromatic carbocycles. The van der Waals surface area contributed by atoms with E-state index < -0.39 is 0 Å². The van der Waals surface area contributed by atoms with Crippen molar-refractivity contribution < 1.29 is 13.9 Å². The van der Waals surface area contributed by atoms with Gasteiger partial charge in [0.15, 0.2) is 5.76 Å². The summed E-state index contributed by atoms with van der Waals surface area (Å²) in [6, 6.07) is 23.9. The van der Waals surface area contributed by atoms with E-state index in [1.165, 1.54) is 11.8 Å². The minimum absolute atomic E-state index is 0.207. The molecule has 4 rings (SSSR count). The Morgan fingerprint density at radius 3 is 2.50 bits per heavy atom. The summed E-state index contributed by atoms with van der Waals surface area (Å²) >= 11 is 13.5. The lowest BCUT2D eigenvalue weighted by Crippen LogP contribution is -2.11. The standard InChI is InChI=1S/C25H19Cl2NO3S/c1-16-14-18(27)8-12-22(16)30-15-19-9-13-23(31-19)25(29)28-21-4-2-3-5-24(21)32-20-10-6-17(26)7-11-20/h2-14H,15H2,1H3,(H,28,29). The van der Waals surface area contributed by atoms with Crippen molar-refractivity contribution in [3.05, 3.63) is 106 Å². The maximum atomic E-state index is 12.8. The van der Waals surface area contributed by atoms with Crippen LogP contribution in [0.3, 0.4) is 0 Å². The van der Waals surface area contributed by atoms with Crippen molar-refractivity contribution in [2.24, 2.45) is 0 Å². The van der Waals surface area contributed by atoms with Gasteiger partial charge in [-0.1, -0.05) is 47.1 Å². The van der Waals surface area contributed by atoms with Crippen LogP contribution in [0.25, 0.3) is 0 Å². The SMILES string of the molecule is Cc1cc(Cl)ccc1OCc1ccc(C(=O)Nc2ccccc2Sc2ccc(Cl)cc2)o1. The molecule has 0 bridgehead atoms. The Kier molecular flexibility index (Phi) is 7.10. The first-order chi connectivity index (χ1) is 15.5. The van der Waals surface area contributed by atoms with Crippen molar-refractivity contribution in [3.63, 3.8) is 0 Å². The number of aryl methyl sites for hydroxylation is 1. The second-order valence-corrected chi connectivity index (χ2v) is 8.96. The second-order valence-electron chi connectivity index (χ2n) is 6.97. The third-order valence-electron chi connectivity index (χ3n) is 4.57. The molecule has 32 heavy (non-hydrogen) atoms. The molecule has 4 aromatic rings. The van der Waals surface area contributed by atoms with E-state index in [0.29, 0.717) is 27.2 Å². The number of anilines is 1. The molecule has 7 heteroatoms. The zero-order valence-corrected chi connectivity index (χ0v) is 19.4. The number of nitrogens with one attached hydrogen (secondary N) is 1. The summed E-state index contributed by atoms with van der Waals surface area (Å²) in [7, 11) is 0. The molecule has 0 radical (unpaired) electrons. The number of hydrogen-bond donors (Lipinski definition) is 1. The summed E-state index contributed by atoms with van der Waals surface area (Å²) in [5.74, 6) is 1.14. The molecule has 0 aliphatic heterocycles. The second kappa shape index (κ2) is 10.2. The predicted molar refractivity (Wildman–Crippen MR) is 129 cm³/mol. The number of benzene rings is 3. The van der Waals surface area contributed by atoms with Crippen molar-refractivity contribution >= 4 is 46.6 Å². The predicted octanol–water partition coefficient (Wildman–Crippen LogP) is 7.88. The molecule has 0 unspecified atom stereocenters. The molecule has 1 heterocycles. The Bertz CT molecular complexity index is 1240. The quantitative estimate of drug-likeness (QED) is 0.290. The first-order valence-corrected chi connectivity index (χ1v) is 11.4. The van der Waals surface area contributed by atoms with Gasteiger partial charge in [-0.3, -0.25) is 4.79 Å². The van der Waals surface area contributed by atoms with Crippen LogP contribution in [0.4, 0.5) is 5.69 Å². The minimum atomic E-state index is -0.330. The average Bonchev–Trinajstić information content (AvgIpc) is 3.25. The number of amides is 1. The van der Waals surface area contributed by atoms with Gasteiger partial charge in [-0.2, -0.15) is 0 Å². The summed E-state index contributed by atoms with van der Waals surface area (Å²) in [6.45, 7) is 2.13. The van der Waals surface area contributed by atoms with Gasteiger partial charge in [-0.15, -0.1) is 0 Å². The van der Waals surface area contributed by atoms with Gasteiger partial charge in [0.05, 0.1) is 5.69 Å². The molecule has 4 nitrogen and oxygen atoms in total. The number of hydrogen-bond acceptors (Lipinski definition) is 4. The van der Waals surface area contributed by atoms with Crippen molar-refractivity contribution in [3.8, 4) is 5.75 Å². The lowest BCUT2D eigenvalue weighted by atomic mass is 10.2. The number of rotatable bonds is 7. The minimum Gasteiger partial charge on any atom is -0.485 e. The fourth-order valence-corrected chi connectivity index (χ4v) is 4.23. The molecule has 0 aliphatic carbocycles. The first-order valence-electron chi connectivity index (χ1n) is 9.79. The van der Waals surface area contributed by atoms with E-state index in [4.69, 9.17) is 32.4 Å². The summed E-state index contributed by atoms with van der Waals surface area (Å²) in [4.78, 5) is 14.7. The third kappa shape index (κ3) is 5.68. The zero-order valence-electron chi connectivity index (χ0n) is 17.1. The largest absolute Gasteiger partial charge is 0.485 e. The van der Waals surface area contributed by atoms with E-state index >= 15 is 0 Å². The third-order valence-corrected chi connectivity index (χ3v) is 6.14. The normalized spacial score (nSPS) is 10.7. The smallest absolute Gasteiger partial charge is 0.291 e. The van der Waals surface area contributed by atoms with Crippen LogP contribution < -0.4 is 10.1 Å². The topological polar surface area (TPSA) is 51.5 Å². The molecule has 1 N–H and O–H groups in total. The highest BCUT2D eigenvalue weighted by Gasteiger charge is 2.14. The molecule has 0 saturated carbocycles.